The van der Waals surface area contributed by atoms with Crippen LogP contribution in [0.25, 0.3) is 10.8 Å². The summed E-state index contributed by atoms with van der Waals surface area (Å²) < 4.78 is 59.3. The lowest BCUT2D eigenvalue weighted by Crippen LogP contribution is -2.48. The number of hydrogen-bond acceptors (Lipinski definition) is 8. The summed E-state index contributed by atoms with van der Waals surface area (Å²) in [6, 6.07) is 17.5. The van der Waals surface area contributed by atoms with Crippen LogP contribution < -0.4 is 15.8 Å². The molecule has 0 saturated carbocycles. The molecule has 1 amide bonds. The summed E-state index contributed by atoms with van der Waals surface area (Å²) in [5.74, 6) is -0.522. The van der Waals surface area contributed by atoms with E-state index in [1.54, 1.807) is 0 Å². The van der Waals surface area contributed by atoms with Crippen LogP contribution in [0.2, 0.25) is 5.15 Å². The number of carbonyl (C=O) groups excluding carboxylic acids is 1. The van der Waals surface area contributed by atoms with Gasteiger partial charge in [0.1, 0.15) is 16.1 Å². The van der Waals surface area contributed by atoms with Gasteiger partial charge >= 0.3 is 0 Å². The lowest BCUT2D eigenvalue weighted by molar-refractivity contribution is -0.122. The van der Waals surface area contributed by atoms with Crippen LogP contribution in [0.15, 0.2) is 76.5 Å². The van der Waals surface area contributed by atoms with Gasteiger partial charge in [-0.05, 0) is 72.7 Å². The molecule has 0 aliphatic carbocycles. The lowest BCUT2D eigenvalue weighted by atomic mass is 10.0. The summed E-state index contributed by atoms with van der Waals surface area (Å²) in [6.07, 6.45) is 1.37. The smallest absolute Gasteiger partial charge is 0.246 e. The Morgan fingerprint density at radius 1 is 1.02 bits per heavy atom. The third kappa shape index (κ3) is 9.59. The largest absolute Gasteiger partial charge is 0.399 e. The van der Waals surface area contributed by atoms with Gasteiger partial charge in [0.2, 0.25) is 26.0 Å². The number of nitrogens with one attached hydrogen (secondary N) is 2. The average molecular weight is 733 g/mol. The van der Waals surface area contributed by atoms with E-state index in [1.165, 1.54) is 47.2 Å². The fourth-order valence-electron chi connectivity index (χ4n) is 5.70. The van der Waals surface area contributed by atoms with Gasteiger partial charge < -0.3 is 16.2 Å². The van der Waals surface area contributed by atoms with Crippen molar-refractivity contribution in [3.63, 3.8) is 0 Å². The number of anilines is 1. The number of aliphatic hydroxyl groups is 1. The van der Waals surface area contributed by atoms with Crippen molar-refractivity contribution in [2.45, 2.75) is 68.3 Å². The molecule has 2 atom stereocenters. The van der Waals surface area contributed by atoms with Crippen molar-refractivity contribution < 1.29 is 26.7 Å². The number of hydrogen-bond donors (Lipinski definition) is 4. The number of carbonyl (C=O) groups is 1. The zero-order valence-corrected chi connectivity index (χ0v) is 30.5. The number of benzene rings is 3. The Hall–Kier alpha value is -3.53. The third-order valence-electron chi connectivity index (χ3n) is 8.15. The lowest BCUT2D eigenvalue weighted by Gasteiger charge is -2.31. The number of nitrogens with zero attached hydrogens (tertiary/aromatic N) is 3. The summed E-state index contributed by atoms with van der Waals surface area (Å²) in [5, 5.41) is 19.1. The van der Waals surface area contributed by atoms with Crippen LogP contribution >= 0.6 is 11.6 Å². The van der Waals surface area contributed by atoms with Crippen LogP contribution in [-0.2, 0) is 38.3 Å². The topological polar surface area (TPSA) is 177 Å². The number of halogens is 1. The molecule has 3 aromatic carbocycles. The molecule has 0 unspecified atom stereocenters. The Kier molecular flexibility index (Phi) is 12.9. The van der Waals surface area contributed by atoms with E-state index in [1.807, 2.05) is 56.3 Å². The number of aliphatic hydroxyl groups excluding tert-OH is 1. The summed E-state index contributed by atoms with van der Waals surface area (Å²) in [5.41, 5.74) is 7.16. The molecule has 4 rings (SSSR count). The van der Waals surface area contributed by atoms with Crippen LogP contribution in [-0.4, -0.2) is 73.7 Å². The molecule has 5 N–H and O–H groups in total. The maximum Gasteiger partial charge on any atom is 0.246 e. The molecule has 4 aromatic rings. The maximum absolute atomic E-state index is 13.6. The summed E-state index contributed by atoms with van der Waals surface area (Å²) >= 11 is 6.28. The molecule has 15 heteroatoms. The van der Waals surface area contributed by atoms with E-state index in [-0.39, 0.29) is 52.7 Å². The summed E-state index contributed by atoms with van der Waals surface area (Å²) in [7, 11) is -6.62. The second kappa shape index (κ2) is 16.5. The van der Waals surface area contributed by atoms with E-state index in [4.69, 9.17) is 17.3 Å². The van der Waals surface area contributed by atoms with Gasteiger partial charge in [-0.1, -0.05) is 74.3 Å². The molecule has 0 spiro atoms. The zero-order chi connectivity index (χ0) is 35.9. The maximum atomic E-state index is 13.6. The Balaban J connectivity index is 1.45. The number of aromatic nitrogens is 2. The van der Waals surface area contributed by atoms with Crippen molar-refractivity contribution in [2.24, 2.45) is 13.0 Å². The van der Waals surface area contributed by atoms with Crippen molar-refractivity contribution in [1.29, 1.82) is 0 Å². The SMILES string of the molecule is Cc1nn(C)c(Cl)c1S(=O)(=O)N[C@@H](Cc1ccc2ccccc2c1)C(=O)NCCCC[C@@H](CO)N(CC(C)C)S(=O)(=O)c1ccc(N)cc1. The Morgan fingerprint density at radius 2 is 1.69 bits per heavy atom. The van der Waals surface area contributed by atoms with Crippen LogP contribution in [0, 0.1) is 12.8 Å². The number of rotatable bonds is 17. The van der Waals surface area contributed by atoms with Crippen molar-refractivity contribution in [1.82, 2.24) is 24.1 Å². The standard InChI is InChI=1S/C34H45ClN6O6S2/c1-23(2)21-41(49(46,47)30-16-14-28(36)15-17-30)29(22-42)11-7-8-18-37-34(43)31(20-25-12-13-26-9-5-6-10-27(26)19-25)39-48(44,45)32-24(3)38-40(4)33(32)35/h5-6,9-10,12-17,19,23,29,31,39,42H,7-8,11,18,20-22,36H2,1-4H3,(H,37,43)/t29-,31-/m0/s1. The minimum Gasteiger partial charge on any atom is -0.399 e. The van der Waals surface area contributed by atoms with E-state index >= 15 is 0 Å². The number of nitrogens with two attached hydrogens (primary N) is 1. The first-order valence-corrected chi connectivity index (χ1v) is 19.4. The number of aryl methyl sites for hydroxylation is 2. The molecule has 1 heterocycles. The van der Waals surface area contributed by atoms with Crippen LogP contribution in [0.3, 0.4) is 0 Å². The minimum absolute atomic E-state index is 0.00514. The predicted octanol–water partition coefficient (Wildman–Crippen LogP) is 4.00. The fourth-order valence-corrected chi connectivity index (χ4v) is 9.45. The number of fused-ring (bicyclic) bond motifs is 1. The van der Waals surface area contributed by atoms with Gasteiger partial charge in [-0.3, -0.25) is 9.48 Å². The van der Waals surface area contributed by atoms with Crippen LogP contribution in [0.4, 0.5) is 5.69 Å². The molecule has 0 aliphatic rings. The highest BCUT2D eigenvalue weighted by Gasteiger charge is 2.33. The van der Waals surface area contributed by atoms with Crippen molar-refractivity contribution in [2.75, 3.05) is 25.4 Å². The van der Waals surface area contributed by atoms with Gasteiger partial charge in [0, 0.05) is 31.9 Å². The molecule has 49 heavy (non-hydrogen) atoms. The highest BCUT2D eigenvalue weighted by molar-refractivity contribution is 7.89. The molecule has 0 radical (unpaired) electrons. The quantitative estimate of drug-likeness (QED) is 0.0930. The number of sulfonamides is 2. The molecule has 0 aliphatic heterocycles. The van der Waals surface area contributed by atoms with E-state index < -0.39 is 38.0 Å². The molecular formula is C34H45ClN6O6S2. The second-order valence-electron chi connectivity index (χ2n) is 12.5. The minimum atomic E-state index is -4.24. The van der Waals surface area contributed by atoms with Gasteiger partial charge in [0.05, 0.1) is 17.2 Å². The highest BCUT2D eigenvalue weighted by atomic mass is 35.5. The van der Waals surface area contributed by atoms with E-state index in [0.29, 0.717) is 24.9 Å². The predicted molar refractivity (Wildman–Crippen MR) is 192 cm³/mol. The highest BCUT2D eigenvalue weighted by Crippen LogP contribution is 2.26. The second-order valence-corrected chi connectivity index (χ2v) is 16.4. The first-order chi connectivity index (χ1) is 23.1. The number of unbranched alkanes of at least 4 members (excludes halogenated alkanes) is 1. The van der Waals surface area contributed by atoms with Gasteiger partial charge in [0.15, 0.2) is 0 Å². The Labute approximate surface area is 293 Å². The first-order valence-electron chi connectivity index (χ1n) is 16.1. The first kappa shape index (κ1) is 38.3. The van der Waals surface area contributed by atoms with Crippen molar-refractivity contribution in [3.8, 4) is 0 Å². The number of nitrogen functional groups attached to an aromatic ring is 1. The number of amides is 1. The average Bonchev–Trinajstić information content (AvgIpc) is 3.32. The van der Waals surface area contributed by atoms with E-state index in [0.717, 1.165) is 16.3 Å². The molecule has 0 saturated heterocycles. The molecule has 0 fully saturated rings. The van der Waals surface area contributed by atoms with Gasteiger partial charge in [-0.25, -0.2) is 16.8 Å². The van der Waals surface area contributed by atoms with Gasteiger partial charge in [-0.15, -0.1) is 0 Å². The molecule has 0 bridgehead atoms. The summed E-state index contributed by atoms with van der Waals surface area (Å²) in [6.45, 7) is 5.38. The Morgan fingerprint density at radius 3 is 2.31 bits per heavy atom. The molecule has 266 valence electrons. The van der Waals surface area contributed by atoms with E-state index in [9.17, 15) is 26.7 Å². The fraction of sp³-hybridized carbons (Fsp3) is 0.412. The normalized spacial score (nSPS) is 13.6. The Bertz CT molecular complexity index is 1970. The van der Waals surface area contributed by atoms with Gasteiger partial charge in [-0.2, -0.15) is 14.1 Å². The van der Waals surface area contributed by atoms with Crippen molar-refractivity contribution in [3.05, 3.63) is 83.1 Å². The summed E-state index contributed by atoms with van der Waals surface area (Å²) in [4.78, 5) is 13.5. The van der Waals surface area contributed by atoms with Crippen LogP contribution in [0.1, 0.15) is 44.4 Å². The molecular weight excluding hydrogens is 688 g/mol. The third-order valence-corrected chi connectivity index (χ3v) is 12.2. The zero-order valence-electron chi connectivity index (χ0n) is 28.1. The molecule has 1 aromatic heterocycles. The monoisotopic (exact) mass is 732 g/mol. The van der Waals surface area contributed by atoms with Crippen LogP contribution in [0.5, 0.6) is 0 Å². The van der Waals surface area contributed by atoms with Gasteiger partial charge in [0.25, 0.3) is 0 Å². The van der Waals surface area contributed by atoms with Crippen molar-refractivity contribution >= 4 is 54.0 Å². The van der Waals surface area contributed by atoms with E-state index in [2.05, 4.69) is 15.1 Å². The molecule has 12 nitrogen and oxygen atoms in total.